The summed E-state index contributed by atoms with van der Waals surface area (Å²) in [7, 11) is 0. The minimum atomic E-state index is -0.713. The van der Waals surface area contributed by atoms with Gasteiger partial charge in [0.25, 0.3) is 0 Å². The molecule has 1 aliphatic heterocycles. The highest BCUT2D eigenvalue weighted by atomic mass is 35.5. The molecule has 4 aromatic rings. The summed E-state index contributed by atoms with van der Waals surface area (Å²) in [5, 5.41) is 15.0. The summed E-state index contributed by atoms with van der Waals surface area (Å²) < 4.78 is 1.47. The molecular formula is C26H24Cl2N8O2. The van der Waals surface area contributed by atoms with Gasteiger partial charge in [0.2, 0.25) is 11.8 Å². The molecule has 1 aliphatic rings. The highest BCUT2D eigenvalue weighted by Crippen LogP contribution is 2.29. The van der Waals surface area contributed by atoms with Crippen LogP contribution >= 0.6 is 23.2 Å². The molecule has 2 amide bonds. The third-order valence-electron chi connectivity index (χ3n) is 6.24. The summed E-state index contributed by atoms with van der Waals surface area (Å²) in [5.74, 6) is -0.0810. The first-order valence-corrected chi connectivity index (χ1v) is 12.7. The summed E-state index contributed by atoms with van der Waals surface area (Å²) in [4.78, 5) is 35.3. The molecule has 10 nitrogen and oxygen atoms in total. The molecule has 0 spiro atoms. The monoisotopic (exact) mass is 550 g/mol. The smallest absolute Gasteiger partial charge is 0.244 e. The molecule has 5 rings (SSSR count). The van der Waals surface area contributed by atoms with Crippen molar-refractivity contribution in [2.75, 3.05) is 13.1 Å². The molecule has 2 aromatic carbocycles. The fourth-order valence-electron chi connectivity index (χ4n) is 4.05. The van der Waals surface area contributed by atoms with E-state index in [1.165, 1.54) is 17.1 Å². The predicted molar refractivity (Wildman–Crippen MR) is 144 cm³/mol. The fourth-order valence-corrected chi connectivity index (χ4v) is 4.48. The van der Waals surface area contributed by atoms with Crippen LogP contribution in [0.5, 0.6) is 0 Å². The standard InChI is InChI=1S/C26H24Cl2N8O2/c1-16-3-5-17(6-4-16)24-25(28)32-26(31-24)20(14-23(38)35-11-2-12-35)30-22(37)10-7-18-13-19(27)8-9-21(18)36-15-29-33-34-36/h3-10,13,15,20H,2,11-12,14H2,1H3,(H,30,37)(H,31,32)/b10-7+/t20-/m0/s1. The van der Waals surface area contributed by atoms with E-state index in [1.807, 2.05) is 31.2 Å². The average molecular weight is 551 g/mol. The Bertz CT molecular complexity index is 1480. The maximum atomic E-state index is 13.0. The molecule has 0 saturated carbocycles. The lowest BCUT2D eigenvalue weighted by molar-refractivity contribution is -0.135. The van der Waals surface area contributed by atoms with Crippen molar-refractivity contribution in [2.24, 2.45) is 0 Å². The zero-order valence-electron chi connectivity index (χ0n) is 20.4. The van der Waals surface area contributed by atoms with Gasteiger partial charge in [-0.2, -0.15) is 4.68 Å². The summed E-state index contributed by atoms with van der Waals surface area (Å²) in [5.41, 5.74) is 3.78. The summed E-state index contributed by atoms with van der Waals surface area (Å²) in [6, 6.07) is 12.2. The van der Waals surface area contributed by atoms with Gasteiger partial charge in [-0.25, -0.2) is 4.98 Å². The molecular weight excluding hydrogens is 527 g/mol. The van der Waals surface area contributed by atoms with Crippen molar-refractivity contribution >= 4 is 41.1 Å². The molecule has 1 fully saturated rings. The zero-order chi connectivity index (χ0) is 26.6. The van der Waals surface area contributed by atoms with Gasteiger partial charge < -0.3 is 15.2 Å². The van der Waals surface area contributed by atoms with E-state index in [1.54, 1.807) is 29.2 Å². The van der Waals surface area contributed by atoms with Crippen molar-refractivity contribution in [1.82, 2.24) is 40.4 Å². The molecule has 1 saturated heterocycles. The molecule has 194 valence electrons. The van der Waals surface area contributed by atoms with E-state index < -0.39 is 11.9 Å². The number of halogens is 2. The number of aryl methyl sites for hydroxylation is 1. The van der Waals surface area contributed by atoms with Crippen LogP contribution in [-0.2, 0) is 9.59 Å². The molecule has 2 N–H and O–H groups in total. The van der Waals surface area contributed by atoms with Crippen molar-refractivity contribution in [3.05, 3.63) is 82.0 Å². The van der Waals surface area contributed by atoms with Crippen LogP contribution in [0.1, 0.15) is 35.8 Å². The van der Waals surface area contributed by atoms with E-state index in [-0.39, 0.29) is 12.3 Å². The first kappa shape index (κ1) is 25.6. The molecule has 2 aromatic heterocycles. The topological polar surface area (TPSA) is 122 Å². The number of likely N-dealkylation sites (tertiary alicyclic amines) is 1. The first-order valence-electron chi connectivity index (χ1n) is 12.0. The number of nitrogens with zero attached hydrogens (tertiary/aromatic N) is 6. The number of carbonyl (C=O) groups excluding carboxylic acids is 2. The Labute approximate surface area is 228 Å². The number of hydrogen-bond acceptors (Lipinski definition) is 6. The third kappa shape index (κ3) is 5.76. The van der Waals surface area contributed by atoms with Gasteiger partial charge in [0.05, 0.1) is 18.2 Å². The maximum absolute atomic E-state index is 13.0. The van der Waals surface area contributed by atoms with Crippen LogP contribution in [0.15, 0.2) is 54.9 Å². The Morgan fingerprint density at radius 1 is 1.16 bits per heavy atom. The Kier molecular flexibility index (Phi) is 7.52. The van der Waals surface area contributed by atoms with Crippen LogP contribution in [0.2, 0.25) is 10.2 Å². The van der Waals surface area contributed by atoms with Crippen molar-refractivity contribution in [2.45, 2.75) is 25.8 Å². The van der Waals surface area contributed by atoms with Gasteiger partial charge in [-0.1, -0.05) is 53.0 Å². The molecule has 0 unspecified atom stereocenters. The lowest BCUT2D eigenvalue weighted by Gasteiger charge is -2.32. The van der Waals surface area contributed by atoms with Crippen molar-refractivity contribution < 1.29 is 9.59 Å². The number of tetrazole rings is 1. The molecule has 12 heteroatoms. The number of benzene rings is 2. The number of hydrogen-bond donors (Lipinski definition) is 2. The lowest BCUT2D eigenvalue weighted by atomic mass is 10.1. The molecule has 3 heterocycles. The van der Waals surface area contributed by atoms with Crippen LogP contribution in [-0.4, -0.2) is 60.0 Å². The highest BCUT2D eigenvalue weighted by Gasteiger charge is 2.27. The number of amides is 2. The van der Waals surface area contributed by atoms with Crippen LogP contribution in [0.4, 0.5) is 0 Å². The van der Waals surface area contributed by atoms with Crippen molar-refractivity contribution in [3.8, 4) is 16.9 Å². The number of aromatic nitrogens is 6. The van der Waals surface area contributed by atoms with Crippen LogP contribution < -0.4 is 5.32 Å². The van der Waals surface area contributed by atoms with Gasteiger partial charge in [-0.05, 0) is 48.0 Å². The first-order chi connectivity index (χ1) is 18.4. The van der Waals surface area contributed by atoms with E-state index >= 15 is 0 Å². The van der Waals surface area contributed by atoms with Crippen LogP contribution in [0, 0.1) is 6.92 Å². The Hall–Kier alpha value is -4.02. The van der Waals surface area contributed by atoms with E-state index in [0.717, 1.165) is 17.5 Å². The predicted octanol–water partition coefficient (Wildman–Crippen LogP) is 4.16. The summed E-state index contributed by atoms with van der Waals surface area (Å²) >= 11 is 12.7. The second-order valence-corrected chi connectivity index (χ2v) is 9.76. The number of nitrogens with one attached hydrogen (secondary N) is 2. The van der Waals surface area contributed by atoms with E-state index in [2.05, 4.69) is 30.8 Å². The Balaban J connectivity index is 1.39. The molecule has 1 atom stereocenters. The Morgan fingerprint density at radius 2 is 1.95 bits per heavy atom. The average Bonchev–Trinajstić information content (AvgIpc) is 3.52. The normalized spacial score (nSPS) is 13.9. The number of H-pyrrole nitrogens is 1. The van der Waals surface area contributed by atoms with Gasteiger partial charge >= 0.3 is 0 Å². The summed E-state index contributed by atoms with van der Waals surface area (Å²) in [6.45, 7) is 3.42. The molecule has 38 heavy (non-hydrogen) atoms. The lowest BCUT2D eigenvalue weighted by Crippen LogP contribution is -2.44. The number of aromatic amines is 1. The number of imidazole rings is 1. The second kappa shape index (κ2) is 11.2. The SMILES string of the molecule is Cc1ccc(-c2nc([C@H](CC(=O)N3CCC3)NC(=O)/C=C/c3cc(Cl)ccc3-n3cnnn3)[nH]c2Cl)cc1. The van der Waals surface area contributed by atoms with Crippen LogP contribution in [0.3, 0.4) is 0 Å². The molecule has 0 radical (unpaired) electrons. The van der Waals surface area contributed by atoms with Crippen LogP contribution in [0.25, 0.3) is 23.0 Å². The number of carbonyl (C=O) groups is 2. The van der Waals surface area contributed by atoms with Crippen molar-refractivity contribution in [1.29, 1.82) is 0 Å². The van der Waals surface area contributed by atoms with Gasteiger partial charge in [0.1, 0.15) is 23.0 Å². The maximum Gasteiger partial charge on any atom is 0.244 e. The van der Waals surface area contributed by atoms with E-state index in [4.69, 9.17) is 23.2 Å². The minimum Gasteiger partial charge on any atom is -0.342 e. The van der Waals surface area contributed by atoms with Gasteiger partial charge in [-0.15, -0.1) is 5.10 Å². The largest absolute Gasteiger partial charge is 0.342 e. The van der Waals surface area contributed by atoms with E-state index in [0.29, 0.717) is 46.0 Å². The van der Waals surface area contributed by atoms with Crippen molar-refractivity contribution in [3.63, 3.8) is 0 Å². The zero-order valence-corrected chi connectivity index (χ0v) is 21.9. The van der Waals surface area contributed by atoms with Gasteiger partial charge in [0, 0.05) is 35.3 Å². The molecule has 0 aliphatic carbocycles. The number of rotatable bonds is 8. The minimum absolute atomic E-state index is 0.0454. The fraction of sp³-hybridized carbons (Fsp3) is 0.231. The van der Waals surface area contributed by atoms with E-state index in [9.17, 15) is 9.59 Å². The molecule has 0 bridgehead atoms. The second-order valence-electron chi connectivity index (χ2n) is 8.94. The summed E-state index contributed by atoms with van der Waals surface area (Å²) in [6.07, 6.45) is 5.44. The van der Waals surface area contributed by atoms with Gasteiger partial charge in [0.15, 0.2) is 0 Å². The Morgan fingerprint density at radius 3 is 2.63 bits per heavy atom. The highest BCUT2D eigenvalue weighted by molar-refractivity contribution is 6.32. The van der Waals surface area contributed by atoms with Gasteiger partial charge in [-0.3, -0.25) is 9.59 Å². The quantitative estimate of drug-likeness (QED) is 0.317. The third-order valence-corrected chi connectivity index (χ3v) is 6.75.